The van der Waals surface area contributed by atoms with Gasteiger partial charge in [0.2, 0.25) is 0 Å². The topological polar surface area (TPSA) is 62.2 Å². The molecule has 1 heterocycles. The van der Waals surface area contributed by atoms with Crippen molar-refractivity contribution in [3.63, 3.8) is 0 Å². The van der Waals surface area contributed by atoms with Gasteiger partial charge in [-0.15, -0.1) is 0 Å². The number of aliphatic carboxylic acids is 1. The summed E-state index contributed by atoms with van der Waals surface area (Å²) in [7, 11) is 0. The van der Waals surface area contributed by atoms with Crippen molar-refractivity contribution in [1.82, 2.24) is 4.98 Å². The van der Waals surface area contributed by atoms with E-state index < -0.39 is 5.97 Å². The molecule has 0 aliphatic rings. The van der Waals surface area contributed by atoms with E-state index in [2.05, 4.69) is 10.3 Å². The largest absolute Gasteiger partial charge is 0.480 e. The molecule has 0 radical (unpaired) electrons. The van der Waals surface area contributed by atoms with Crippen LogP contribution in [0.1, 0.15) is 0 Å². The maximum atomic E-state index is 10.3. The normalized spacial score (nSPS) is 10.3. The number of aromatic nitrogens is 1. The van der Waals surface area contributed by atoms with E-state index in [0.717, 1.165) is 10.2 Å². The molecule has 0 amide bonds. The monoisotopic (exact) mass is 208 g/mol. The SMILES string of the molecule is O=C(O)CNc1nc2ccccc2s1. The molecule has 2 rings (SSSR count). The van der Waals surface area contributed by atoms with Crippen LogP contribution in [0.25, 0.3) is 10.2 Å². The minimum Gasteiger partial charge on any atom is -0.480 e. The Hall–Kier alpha value is -1.62. The van der Waals surface area contributed by atoms with Crippen molar-refractivity contribution in [2.45, 2.75) is 0 Å². The van der Waals surface area contributed by atoms with Gasteiger partial charge in [0, 0.05) is 0 Å². The molecule has 72 valence electrons. The minimum absolute atomic E-state index is 0.0974. The predicted molar refractivity (Wildman–Crippen MR) is 55.7 cm³/mol. The number of carboxylic acids is 1. The van der Waals surface area contributed by atoms with Crippen LogP contribution in [0.2, 0.25) is 0 Å². The fourth-order valence-electron chi connectivity index (χ4n) is 1.10. The first kappa shape index (κ1) is 8.96. The Balaban J connectivity index is 2.22. The summed E-state index contributed by atoms with van der Waals surface area (Å²) in [6, 6.07) is 7.70. The van der Waals surface area contributed by atoms with Crippen molar-refractivity contribution in [3.8, 4) is 0 Å². The number of hydrogen-bond donors (Lipinski definition) is 2. The Bertz CT molecular complexity index is 434. The second kappa shape index (κ2) is 3.63. The van der Waals surface area contributed by atoms with Crippen LogP contribution in [-0.4, -0.2) is 22.6 Å². The van der Waals surface area contributed by atoms with Gasteiger partial charge in [-0.2, -0.15) is 0 Å². The number of rotatable bonds is 3. The van der Waals surface area contributed by atoms with Gasteiger partial charge in [0.05, 0.1) is 10.2 Å². The van der Waals surface area contributed by atoms with Gasteiger partial charge in [-0.05, 0) is 12.1 Å². The first-order valence-corrected chi connectivity index (χ1v) is 4.88. The highest BCUT2D eigenvalue weighted by molar-refractivity contribution is 7.22. The molecule has 1 aromatic carbocycles. The van der Waals surface area contributed by atoms with Crippen LogP contribution in [0.3, 0.4) is 0 Å². The molecule has 0 saturated carbocycles. The third-order valence-corrected chi connectivity index (χ3v) is 2.68. The van der Waals surface area contributed by atoms with Crippen molar-refractivity contribution < 1.29 is 9.90 Å². The molecular weight excluding hydrogens is 200 g/mol. The highest BCUT2D eigenvalue weighted by atomic mass is 32.1. The lowest BCUT2D eigenvalue weighted by Gasteiger charge is -1.94. The number of thiazole rings is 1. The molecule has 0 saturated heterocycles. The zero-order valence-corrected chi connectivity index (χ0v) is 8.04. The van der Waals surface area contributed by atoms with Gasteiger partial charge in [-0.1, -0.05) is 23.5 Å². The smallest absolute Gasteiger partial charge is 0.322 e. The lowest BCUT2D eigenvalue weighted by atomic mass is 10.3. The third-order valence-electron chi connectivity index (χ3n) is 1.68. The van der Waals surface area contributed by atoms with Gasteiger partial charge in [-0.25, -0.2) is 4.98 Å². The number of carboxylic acid groups (broad SMARTS) is 1. The van der Waals surface area contributed by atoms with Crippen LogP contribution in [0, 0.1) is 0 Å². The van der Waals surface area contributed by atoms with Crippen molar-refractivity contribution in [3.05, 3.63) is 24.3 Å². The zero-order valence-electron chi connectivity index (χ0n) is 7.23. The summed E-state index contributed by atoms with van der Waals surface area (Å²) in [5.74, 6) is -0.885. The van der Waals surface area contributed by atoms with E-state index >= 15 is 0 Å². The number of anilines is 1. The maximum Gasteiger partial charge on any atom is 0.322 e. The maximum absolute atomic E-state index is 10.3. The van der Waals surface area contributed by atoms with Crippen molar-refractivity contribution >= 4 is 32.7 Å². The molecular formula is C9H8N2O2S. The second-order valence-corrected chi connectivity index (χ2v) is 3.76. The number of hydrogen-bond acceptors (Lipinski definition) is 4. The molecule has 0 aliphatic heterocycles. The molecule has 0 unspecified atom stereocenters. The van der Waals surface area contributed by atoms with E-state index in [-0.39, 0.29) is 6.54 Å². The van der Waals surface area contributed by atoms with Crippen LogP contribution in [-0.2, 0) is 4.79 Å². The van der Waals surface area contributed by atoms with Gasteiger partial charge in [0.15, 0.2) is 5.13 Å². The molecule has 0 spiro atoms. The van der Waals surface area contributed by atoms with E-state index in [1.165, 1.54) is 11.3 Å². The highest BCUT2D eigenvalue weighted by Gasteiger charge is 2.03. The molecule has 0 aliphatic carbocycles. The van der Waals surface area contributed by atoms with Gasteiger partial charge < -0.3 is 10.4 Å². The first-order valence-electron chi connectivity index (χ1n) is 4.07. The Morgan fingerprint density at radius 2 is 2.29 bits per heavy atom. The van der Waals surface area contributed by atoms with Crippen molar-refractivity contribution in [2.24, 2.45) is 0 Å². The third kappa shape index (κ3) is 1.82. The summed E-state index contributed by atoms with van der Waals surface area (Å²) in [5, 5.41) is 11.9. The van der Waals surface area contributed by atoms with Crippen LogP contribution in [0.15, 0.2) is 24.3 Å². The van der Waals surface area contributed by atoms with E-state index in [1.807, 2.05) is 24.3 Å². The van der Waals surface area contributed by atoms with Crippen LogP contribution in [0.5, 0.6) is 0 Å². The van der Waals surface area contributed by atoms with E-state index in [1.54, 1.807) is 0 Å². The summed E-state index contributed by atoms with van der Waals surface area (Å²) >= 11 is 1.45. The Morgan fingerprint density at radius 1 is 1.50 bits per heavy atom. The number of benzene rings is 1. The molecule has 14 heavy (non-hydrogen) atoms. The van der Waals surface area contributed by atoms with Gasteiger partial charge in [0.1, 0.15) is 6.54 Å². The standard InChI is InChI=1S/C9H8N2O2S/c12-8(13)5-10-9-11-6-3-1-2-4-7(6)14-9/h1-4H,5H2,(H,10,11)(H,12,13). The predicted octanol–water partition coefficient (Wildman–Crippen LogP) is 1.79. The van der Waals surface area contributed by atoms with Crippen LogP contribution in [0.4, 0.5) is 5.13 Å². The van der Waals surface area contributed by atoms with Crippen molar-refractivity contribution in [2.75, 3.05) is 11.9 Å². The van der Waals surface area contributed by atoms with Gasteiger partial charge in [-0.3, -0.25) is 4.79 Å². The number of fused-ring (bicyclic) bond motifs is 1. The Kier molecular flexibility index (Phi) is 2.32. The highest BCUT2D eigenvalue weighted by Crippen LogP contribution is 2.24. The lowest BCUT2D eigenvalue weighted by Crippen LogP contribution is -2.11. The molecule has 0 bridgehead atoms. The number of nitrogens with one attached hydrogen (secondary N) is 1. The molecule has 4 nitrogen and oxygen atoms in total. The summed E-state index contributed by atoms with van der Waals surface area (Å²) in [4.78, 5) is 14.5. The van der Waals surface area contributed by atoms with Crippen LogP contribution < -0.4 is 5.32 Å². The van der Waals surface area contributed by atoms with E-state index in [9.17, 15) is 4.79 Å². The minimum atomic E-state index is -0.885. The van der Waals surface area contributed by atoms with E-state index in [4.69, 9.17) is 5.11 Å². The summed E-state index contributed by atoms with van der Waals surface area (Å²) < 4.78 is 1.06. The lowest BCUT2D eigenvalue weighted by molar-refractivity contribution is -0.134. The average molecular weight is 208 g/mol. The molecule has 2 aromatic rings. The first-order chi connectivity index (χ1) is 6.75. The number of para-hydroxylation sites is 1. The zero-order chi connectivity index (χ0) is 9.97. The quantitative estimate of drug-likeness (QED) is 0.807. The molecule has 5 heteroatoms. The Morgan fingerprint density at radius 3 is 3.00 bits per heavy atom. The molecule has 0 fully saturated rings. The summed E-state index contributed by atoms with van der Waals surface area (Å²) in [6.45, 7) is -0.0974. The van der Waals surface area contributed by atoms with Crippen molar-refractivity contribution in [1.29, 1.82) is 0 Å². The average Bonchev–Trinajstić information content (AvgIpc) is 2.57. The molecule has 1 aromatic heterocycles. The van der Waals surface area contributed by atoms with Crippen LogP contribution >= 0.6 is 11.3 Å². The number of carbonyl (C=O) groups is 1. The van der Waals surface area contributed by atoms with E-state index in [0.29, 0.717) is 5.13 Å². The summed E-state index contributed by atoms with van der Waals surface area (Å²) in [5.41, 5.74) is 0.894. The second-order valence-electron chi connectivity index (χ2n) is 2.73. The fraction of sp³-hybridized carbons (Fsp3) is 0.111. The van der Waals surface area contributed by atoms with Gasteiger partial charge >= 0.3 is 5.97 Å². The molecule has 2 N–H and O–H groups in total. The number of nitrogens with zero attached hydrogens (tertiary/aromatic N) is 1. The van der Waals surface area contributed by atoms with Gasteiger partial charge in [0.25, 0.3) is 0 Å². The Labute approximate surface area is 84.2 Å². The molecule has 0 atom stereocenters. The fourth-order valence-corrected chi connectivity index (χ4v) is 1.96. The summed E-state index contributed by atoms with van der Waals surface area (Å²) in [6.07, 6.45) is 0.